The van der Waals surface area contributed by atoms with Gasteiger partial charge in [0.25, 0.3) is 0 Å². The molecule has 3 N–H and O–H groups in total. The second-order valence-electron chi connectivity index (χ2n) is 6.25. The van der Waals surface area contributed by atoms with Crippen molar-refractivity contribution in [2.45, 2.75) is 63.1 Å². The van der Waals surface area contributed by atoms with E-state index in [9.17, 15) is 4.79 Å². The summed E-state index contributed by atoms with van der Waals surface area (Å²) in [5, 5.41) is 15.3. The first kappa shape index (κ1) is 18.8. The van der Waals surface area contributed by atoms with E-state index in [1.807, 2.05) is 44.7 Å². The van der Waals surface area contributed by atoms with Crippen LogP contribution in [-0.4, -0.2) is 28.5 Å². The van der Waals surface area contributed by atoms with Crippen molar-refractivity contribution in [3.63, 3.8) is 0 Å². The van der Waals surface area contributed by atoms with E-state index in [0.717, 1.165) is 17.7 Å². The van der Waals surface area contributed by atoms with Gasteiger partial charge < -0.3 is 15.7 Å². The number of nitrogens with one attached hydrogen (secondary N) is 2. The number of anilines is 1. The molecule has 0 saturated carbocycles. The minimum absolute atomic E-state index is 0.0494. The first-order valence-electron chi connectivity index (χ1n) is 7.74. The van der Waals surface area contributed by atoms with Gasteiger partial charge in [-0.2, -0.15) is 0 Å². The molecule has 0 saturated heterocycles. The molecular formula is C17H28N2O2S. The summed E-state index contributed by atoms with van der Waals surface area (Å²) in [6.45, 7) is 10.2. The van der Waals surface area contributed by atoms with Crippen molar-refractivity contribution in [3.8, 4) is 0 Å². The number of hydrogen-bond acceptors (Lipinski definition) is 3. The molecule has 1 rings (SSSR count). The van der Waals surface area contributed by atoms with Gasteiger partial charge in [-0.05, 0) is 57.4 Å². The number of carbonyl (C=O) groups excluding carboxylic acids is 1. The van der Waals surface area contributed by atoms with E-state index in [-0.39, 0.29) is 12.6 Å². The second kappa shape index (κ2) is 8.44. The van der Waals surface area contributed by atoms with Crippen molar-refractivity contribution in [2.75, 3.05) is 11.9 Å². The van der Waals surface area contributed by atoms with Gasteiger partial charge in [0.2, 0.25) is 0 Å². The Labute approximate surface area is 138 Å². The number of thioether (sulfide) groups is 1. The highest BCUT2D eigenvalue weighted by atomic mass is 32.2. The fourth-order valence-corrected chi connectivity index (χ4v) is 2.99. The molecule has 0 radical (unpaired) electrons. The molecule has 1 aromatic carbocycles. The zero-order chi connectivity index (χ0) is 16.8. The molecule has 0 aromatic heterocycles. The molecule has 0 spiro atoms. The number of carbonyl (C=O) groups is 1. The Bertz CT molecular complexity index is 503. The topological polar surface area (TPSA) is 61.4 Å². The molecule has 0 fully saturated rings. The molecule has 0 heterocycles. The zero-order valence-electron chi connectivity index (χ0n) is 14.2. The molecule has 4 nitrogen and oxygen atoms in total. The molecule has 0 aliphatic rings. The molecular weight excluding hydrogens is 296 g/mol. The number of rotatable bonds is 7. The van der Waals surface area contributed by atoms with Crippen molar-refractivity contribution >= 4 is 23.5 Å². The van der Waals surface area contributed by atoms with E-state index in [4.69, 9.17) is 5.11 Å². The number of urea groups is 1. The van der Waals surface area contributed by atoms with Gasteiger partial charge in [0, 0.05) is 28.0 Å². The summed E-state index contributed by atoms with van der Waals surface area (Å²) in [6, 6.07) is 5.84. The highest BCUT2D eigenvalue weighted by Gasteiger charge is 2.19. The Morgan fingerprint density at radius 3 is 2.64 bits per heavy atom. The van der Waals surface area contributed by atoms with Crippen LogP contribution in [0, 0.1) is 6.92 Å². The average molecular weight is 324 g/mol. The smallest absolute Gasteiger partial charge is 0.319 e. The van der Waals surface area contributed by atoms with Crippen LogP contribution in [0.25, 0.3) is 0 Å². The average Bonchev–Trinajstić information content (AvgIpc) is 2.40. The van der Waals surface area contributed by atoms with Crippen LogP contribution in [0.3, 0.4) is 0 Å². The first-order valence-corrected chi connectivity index (χ1v) is 8.62. The number of aryl methyl sites for hydroxylation is 1. The number of hydrogen-bond donors (Lipinski definition) is 3. The van der Waals surface area contributed by atoms with E-state index in [2.05, 4.69) is 30.5 Å². The third-order valence-electron chi connectivity index (χ3n) is 3.55. The summed E-state index contributed by atoms with van der Waals surface area (Å²) in [7, 11) is 0. The van der Waals surface area contributed by atoms with Crippen molar-refractivity contribution < 1.29 is 9.90 Å². The number of benzene rings is 1. The summed E-state index contributed by atoms with van der Waals surface area (Å²) >= 11 is 1.85. The molecule has 1 atom stereocenters. The molecule has 2 amide bonds. The number of amides is 2. The largest absolute Gasteiger partial charge is 0.396 e. The lowest BCUT2D eigenvalue weighted by Gasteiger charge is -2.25. The van der Waals surface area contributed by atoms with E-state index in [1.165, 1.54) is 4.90 Å². The van der Waals surface area contributed by atoms with Gasteiger partial charge in [0.05, 0.1) is 0 Å². The van der Waals surface area contributed by atoms with Crippen LogP contribution in [-0.2, 0) is 0 Å². The zero-order valence-corrected chi connectivity index (χ0v) is 15.0. The van der Waals surface area contributed by atoms with Crippen LogP contribution in [0.2, 0.25) is 0 Å². The van der Waals surface area contributed by atoms with Crippen molar-refractivity contribution in [1.82, 2.24) is 5.32 Å². The Kier molecular flexibility index (Phi) is 7.23. The minimum atomic E-state index is -0.431. The van der Waals surface area contributed by atoms with E-state index < -0.39 is 5.54 Å². The predicted molar refractivity (Wildman–Crippen MR) is 94.7 cm³/mol. The third-order valence-corrected chi connectivity index (χ3v) is 4.81. The van der Waals surface area contributed by atoms with E-state index in [0.29, 0.717) is 11.7 Å². The van der Waals surface area contributed by atoms with Crippen molar-refractivity contribution in [1.29, 1.82) is 0 Å². The van der Waals surface area contributed by atoms with Crippen LogP contribution in [0.4, 0.5) is 10.5 Å². The van der Waals surface area contributed by atoms with Crippen molar-refractivity contribution in [2.24, 2.45) is 0 Å². The van der Waals surface area contributed by atoms with Crippen molar-refractivity contribution in [3.05, 3.63) is 23.8 Å². The minimum Gasteiger partial charge on any atom is -0.396 e. The van der Waals surface area contributed by atoms with Crippen LogP contribution in [0.5, 0.6) is 0 Å². The lowest BCUT2D eigenvalue weighted by molar-refractivity contribution is 0.218. The SMILES string of the molecule is CCC(C)Sc1ccc(NC(=O)NC(C)(C)CCO)c(C)c1. The number of aliphatic hydroxyl groups excluding tert-OH is 1. The normalized spacial score (nSPS) is 12.8. The van der Waals surface area contributed by atoms with Gasteiger partial charge in [0.1, 0.15) is 0 Å². The molecule has 0 aliphatic carbocycles. The van der Waals surface area contributed by atoms with Gasteiger partial charge in [-0.25, -0.2) is 4.79 Å². The Balaban J connectivity index is 2.68. The Morgan fingerprint density at radius 2 is 2.09 bits per heavy atom. The highest BCUT2D eigenvalue weighted by Crippen LogP contribution is 2.28. The van der Waals surface area contributed by atoms with Gasteiger partial charge in [-0.3, -0.25) is 0 Å². The first-order chi connectivity index (χ1) is 10.3. The van der Waals surface area contributed by atoms with E-state index >= 15 is 0 Å². The Morgan fingerprint density at radius 1 is 1.41 bits per heavy atom. The summed E-state index contributed by atoms with van der Waals surface area (Å²) in [4.78, 5) is 13.3. The standard InChI is InChI=1S/C17H28N2O2S/c1-6-13(3)22-14-7-8-15(12(2)11-14)18-16(21)19-17(4,5)9-10-20/h7-8,11,13,20H,6,9-10H2,1-5H3,(H2,18,19,21). The summed E-state index contributed by atoms with van der Waals surface area (Å²) in [5.74, 6) is 0. The van der Waals surface area contributed by atoms with Crippen LogP contribution < -0.4 is 10.6 Å². The van der Waals surface area contributed by atoms with Crippen LogP contribution in [0.1, 0.15) is 46.1 Å². The fraction of sp³-hybridized carbons (Fsp3) is 0.588. The molecule has 0 bridgehead atoms. The van der Waals surface area contributed by atoms with Crippen LogP contribution >= 0.6 is 11.8 Å². The summed E-state index contributed by atoms with van der Waals surface area (Å²) in [6.07, 6.45) is 1.65. The lowest BCUT2D eigenvalue weighted by Crippen LogP contribution is -2.46. The maximum Gasteiger partial charge on any atom is 0.319 e. The van der Waals surface area contributed by atoms with Gasteiger partial charge in [-0.1, -0.05) is 13.8 Å². The molecule has 0 aliphatic heterocycles. The Hall–Kier alpha value is -1.20. The molecule has 1 aromatic rings. The lowest BCUT2D eigenvalue weighted by atomic mass is 10.0. The summed E-state index contributed by atoms with van der Waals surface area (Å²) in [5.41, 5.74) is 1.42. The monoisotopic (exact) mass is 324 g/mol. The van der Waals surface area contributed by atoms with Gasteiger partial charge in [0.15, 0.2) is 0 Å². The maximum absolute atomic E-state index is 12.1. The summed E-state index contributed by atoms with van der Waals surface area (Å²) < 4.78 is 0. The van der Waals surface area contributed by atoms with E-state index in [1.54, 1.807) is 0 Å². The molecule has 5 heteroatoms. The second-order valence-corrected chi connectivity index (χ2v) is 7.76. The quantitative estimate of drug-likeness (QED) is 0.660. The molecule has 124 valence electrons. The maximum atomic E-state index is 12.1. The number of aliphatic hydroxyl groups is 1. The highest BCUT2D eigenvalue weighted by molar-refractivity contribution is 7.99. The predicted octanol–water partition coefficient (Wildman–Crippen LogP) is 4.17. The molecule has 1 unspecified atom stereocenters. The van der Waals surface area contributed by atoms with Gasteiger partial charge in [-0.15, -0.1) is 11.8 Å². The van der Waals surface area contributed by atoms with Crippen LogP contribution in [0.15, 0.2) is 23.1 Å². The fourth-order valence-electron chi connectivity index (χ4n) is 1.97. The third kappa shape index (κ3) is 6.28. The van der Waals surface area contributed by atoms with Gasteiger partial charge >= 0.3 is 6.03 Å². The molecule has 22 heavy (non-hydrogen) atoms.